The third kappa shape index (κ3) is 3.51. The number of halogens is 2. The van der Waals surface area contributed by atoms with Gasteiger partial charge in [0.15, 0.2) is 9.84 Å². The van der Waals surface area contributed by atoms with Gasteiger partial charge in [-0.15, -0.1) is 11.3 Å². The van der Waals surface area contributed by atoms with E-state index in [0.29, 0.717) is 21.7 Å². The van der Waals surface area contributed by atoms with Gasteiger partial charge in [-0.2, -0.15) is 0 Å². The molecule has 0 bridgehead atoms. The Labute approximate surface area is 129 Å². The lowest BCUT2D eigenvalue weighted by atomic mass is 10.2. The minimum absolute atomic E-state index is 0.0692. The molecule has 1 aliphatic heterocycles. The zero-order valence-corrected chi connectivity index (χ0v) is 14.4. The molecule has 1 aromatic rings. The molecule has 0 amide bonds. The van der Waals surface area contributed by atoms with E-state index in [2.05, 4.69) is 20.7 Å². The molecule has 19 heavy (non-hydrogen) atoms. The maximum Gasteiger partial charge on any atom is 0.250 e. The fraction of sp³-hybridized carbons (Fsp3) is 0.556. The van der Waals surface area contributed by atoms with Crippen molar-refractivity contribution in [3.8, 4) is 0 Å². The van der Waals surface area contributed by atoms with Crippen molar-refractivity contribution in [1.82, 2.24) is 4.72 Å². The van der Waals surface area contributed by atoms with E-state index in [9.17, 15) is 16.8 Å². The molecule has 2 rings (SSSR count). The summed E-state index contributed by atoms with van der Waals surface area (Å²) >= 11 is 9.91. The SMILES string of the molecule is O=S(=O)(NCC1CCCS1(=O)=O)c1cc(Cl)c(Br)s1. The highest BCUT2D eigenvalue weighted by Crippen LogP contribution is 2.34. The Hall–Kier alpha value is 0.330. The zero-order valence-electron chi connectivity index (χ0n) is 9.60. The van der Waals surface area contributed by atoms with Gasteiger partial charge >= 0.3 is 0 Å². The Kier molecular flexibility index (Phi) is 4.64. The molecular formula is C9H11BrClNO4S3. The zero-order chi connectivity index (χ0) is 14.3. The number of thiophene rings is 1. The first-order valence-electron chi connectivity index (χ1n) is 5.38. The molecule has 1 N–H and O–H groups in total. The third-order valence-electron chi connectivity index (χ3n) is 2.85. The molecule has 2 heterocycles. The average Bonchev–Trinajstić information content (AvgIpc) is 2.80. The van der Waals surface area contributed by atoms with Gasteiger partial charge in [-0.3, -0.25) is 0 Å². The summed E-state index contributed by atoms with van der Waals surface area (Å²) in [6, 6.07) is 1.34. The van der Waals surface area contributed by atoms with Gasteiger partial charge in [-0.05, 0) is 34.8 Å². The van der Waals surface area contributed by atoms with Gasteiger partial charge in [0.25, 0.3) is 0 Å². The normalized spacial score (nSPS) is 22.7. The van der Waals surface area contributed by atoms with E-state index in [-0.39, 0.29) is 16.5 Å². The standard InChI is InChI=1S/C9H11BrClNO4S3/c10-9-7(11)4-8(17-9)19(15,16)12-5-6-2-1-3-18(6,13)14/h4,6,12H,1-3,5H2. The van der Waals surface area contributed by atoms with Crippen molar-refractivity contribution in [1.29, 1.82) is 0 Å². The van der Waals surface area contributed by atoms with Crippen molar-refractivity contribution in [3.63, 3.8) is 0 Å². The molecular weight excluding hydrogens is 398 g/mol. The lowest BCUT2D eigenvalue weighted by molar-refractivity contribution is 0.572. The Bertz CT molecular complexity index is 663. The van der Waals surface area contributed by atoms with Gasteiger partial charge in [0.1, 0.15) is 4.21 Å². The van der Waals surface area contributed by atoms with Crippen molar-refractivity contribution < 1.29 is 16.8 Å². The monoisotopic (exact) mass is 407 g/mol. The van der Waals surface area contributed by atoms with Crippen LogP contribution in [0, 0.1) is 0 Å². The van der Waals surface area contributed by atoms with Gasteiger partial charge in [-0.25, -0.2) is 21.6 Å². The molecule has 0 aliphatic carbocycles. The summed E-state index contributed by atoms with van der Waals surface area (Å²) in [5, 5.41) is -0.306. The van der Waals surface area contributed by atoms with E-state index in [1.807, 2.05) is 0 Å². The van der Waals surface area contributed by atoms with E-state index >= 15 is 0 Å². The number of hydrogen-bond donors (Lipinski definition) is 1. The minimum Gasteiger partial charge on any atom is -0.229 e. The molecule has 0 aromatic carbocycles. The van der Waals surface area contributed by atoms with Crippen LogP contribution >= 0.6 is 38.9 Å². The van der Waals surface area contributed by atoms with Gasteiger partial charge in [0.2, 0.25) is 10.0 Å². The largest absolute Gasteiger partial charge is 0.250 e. The summed E-state index contributed by atoms with van der Waals surface area (Å²) in [6.07, 6.45) is 1.09. The van der Waals surface area contributed by atoms with E-state index < -0.39 is 25.1 Å². The number of rotatable bonds is 4. The second kappa shape index (κ2) is 5.61. The molecule has 0 saturated carbocycles. The molecule has 1 aliphatic rings. The summed E-state index contributed by atoms with van der Waals surface area (Å²) < 4.78 is 50.1. The highest BCUT2D eigenvalue weighted by Gasteiger charge is 2.32. The second-order valence-corrected chi connectivity index (χ2v) is 11.3. The second-order valence-electron chi connectivity index (χ2n) is 4.17. The van der Waals surface area contributed by atoms with Gasteiger partial charge in [0, 0.05) is 6.54 Å². The Morgan fingerprint density at radius 3 is 2.68 bits per heavy atom. The number of sulfonamides is 1. The Balaban J connectivity index is 2.10. The van der Waals surface area contributed by atoms with Crippen molar-refractivity contribution in [3.05, 3.63) is 14.9 Å². The maximum atomic E-state index is 12.0. The molecule has 1 fully saturated rings. The van der Waals surface area contributed by atoms with Crippen LogP contribution in [-0.2, 0) is 19.9 Å². The minimum atomic E-state index is -3.71. The van der Waals surface area contributed by atoms with E-state index in [1.54, 1.807) is 0 Å². The van der Waals surface area contributed by atoms with E-state index in [0.717, 1.165) is 11.3 Å². The molecule has 1 atom stereocenters. The van der Waals surface area contributed by atoms with Crippen molar-refractivity contribution >= 4 is 58.7 Å². The molecule has 0 radical (unpaired) electrons. The fourth-order valence-electron chi connectivity index (χ4n) is 1.82. The van der Waals surface area contributed by atoms with E-state index in [4.69, 9.17) is 11.6 Å². The Morgan fingerprint density at radius 1 is 1.53 bits per heavy atom. The van der Waals surface area contributed by atoms with Crippen LogP contribution in [-0.4, -0.2) is 34.4 Å². The van der Waals surface area contributed by atoms with E-state index in [1.165, 1.54) is 6.07 Å². The van der Waals surface area contributed by atoms with Crippen LogP contribution in [0.3, 0.4) is 0 Å². The smallest absolute Gasteiger partial charge is 0.229 e. The summed E-state index contributed by atoms with van der Waals surface area (Å²) in [5.41, 5.74) is 0. The quantitative estimate of drug-likeness (QED) is 0.826. The summed E-state index contributed by atoms with van der Waals surface area (Å²) in [5.74, 6) is 0.135. The number of sulfone groups is 1. The molecule has 5 nitrogen and oxygen atoms in total. The molecule has 108 valence electrons. The van der Waals surface area contributed by atoms with Crippen LogP contribution in [0.4, 0.5) is 0 Å². The predicted molar refractivity (Wildman–Crippen MR) is 79.0 cm³/mol. The topological polar surface area (TPSA) is 80.3 Å². The fourth-order valence-corrected chi connectivity index (χ4v) is 7.22. The molecule has 1 saturated heterocycles. The van der Waals surface area contributed by atoms with Crippen LogP contribution < -0.4 is 4.72 Å². The molecule has 1 aromatic heterocycles. The summed E-state index contributed by atoms with van der Waals surface area (Å²) in [7, 11) is -6.86. The van der Waals surface area contributed by atoms with Gasteiger partial charge in [-0.1, -0.05) is 11.6 Å². The van der Waals surface area contributed by atoms with Crippen LogP contribution in [0.15, 0.2) is 14.1 Å². The van der Waals surface area contributed by atoms with Crippen LogP contribution in [0.2, 0.25) is 5.02 Å². The Morgan fingerprint density at radius 2 is 2.21 bits per heavy atom. The third-order valence-corrected chi connectivity index (χ3v) is 9.50. The number of hydrogen-bond acceptors (Lipinski definition) is 5. The highest BCUT2D eigenvalue weighted by atomic mass is 79.9. The van der Waals surface area contributed by atoms with Crippen LogP contribution in [0.1, 0.15) is 12.8 Å². The average molecular weight is 409 g/mol. The van der Waals surface area contributed by atoms with Crippen LogP contribution in [0.5, 0.6) is 0 Å². The first-order valence-corrected chi connectivity index (χ1v) is 10.6. The van der Waals surface area contributed by atoms with Crippen molar-refractivity contribution in [2.75, 3.05) is 12.3 Å². The maximum absolute atomic E-state index is 12.0. The lowest BCUT2D eigenvalue weighted by Crippen LogP contribution is -2.34. The van der Waals surface area contributed by atoms with Gasteiger partial charge < -0.3 is 0 Å². The van der Waals surface area contributed by atoms with Crippen molar-refractivity contribution in [2.45, 2.75) is 22.3 Å². The molecule has 1 unspecified atom stereocenters. The molecule has 0 spiro atoms. The summed E-state index contributed by atoms with van der Waals surface area (Å²) in [4.78, 5) is 0. The van der Waals surface area contributed by atoms with Crippen LogP contribution in [0.25, 0.3) is 0 Å². The predicted octanol–water partition coefficient (Wildman–Crippen LogP) is 2.02. The first-order chi connectivity index (χ1) is 8.72. The summed E-state index contributed by atoms with van der Waals surface area (Å²) in [6.45, 7) is -0.0855. The lowest BCUT2D eigenvalue weighted by Gasteiger charge is -2.10. The first kappa shape index (κ1) is 15.7. The highest BCUT2D eigenvalue weighted by molar-refractivity contribution is 9.11. The van der Waals surface area contributed by atoms with Crippen molar-refractivity contribution in [2.24, 2.45) is 0 Å². The number of nitrogens with one attached hydrogen (secondary N) is 1. The van der Waals surface area contributed by atoms with Gasteiger partial charge in [0.05, 0.1) is 19.8 Å². The molecule has 10 heteroatoms.